The molecule has 2 aromatic rings. The second kappa shape index (κ2) is 8.68. The van der Waals surface area contributed by atoms with Gasteiger partial charge in [-0.1, -0.05) is 0 Å². The van der Waals surface area contributed by atoms with Gasteiger partial charge in [0.15, 0.2) is 5.03 Å². The summed E-state index contributed by atoms with van der Waals surface area (Å²) in [6, 6.07) is 3.49. The van der Waals surface area contributed by atoms with Crippen molar-refractivity contribution >= 4 is 15.9 Å². The van der Waals surface area contributed by atoms with E-state index in [1.807, 2.05) is 0 Å². The number of nitrogens with zero attached hydrogens (tertiary/aromatic N) is 4. The van der Waals surface area contributed by atoms with Crippen LogP contribution in [0.2, 0.25) is 0 Å². The molecular weight excluding hydrogens is 418 g/mol. The molecule has 168 valence electrons. The lowest BCUT2D eigenvalue weighted by atomic mass is 9.80. The summed E-state index contributed by atoms with van der Waals surface area (Å²) >= 11 is 0. The van der Waals surface area contributed by atoms with Crippen LogP contribution in [-0.2, 0) is 21.8 Å². The molecule has 0 aromatic carbocycles. The van der Waals surface area contributed by atoms with Crippen molar-refractivity contribution in [2.75, 3.05) is 26.2 Å². The summed E-state index contributed by atoms with van der Waals surface area (Å²) in [7, 11) is -1.81. The number of aryl methyl sites for hydroxylation is 2. The predicted octanol–water partition coefficient (Wildman–Crippen LogP) is 1.50. The van der Waals surface area contributed by atoms with E-state index in [4.69, 9.17) is 4.74 Å². The van der Waals surface area contributed by atoms with Gasteiger partial charge in [0.25, 0.3) is 15.9 Å². The van der Waals surface area contributed by atoms with Crippen LogP contribution in [0, 0.1) is 12.8 Å². The molecule has 1 unspecified atom stereocenters. The number of carbonyl (C=O) groups excluding carboxylic acids is 1. The Labute approximate surface area is 182 Å². The Kier molecular flexibility index (Phi) is 6.14. The van der Waals surface area contributed by atoms with Gasteiger partial charge in [0.2, 0.25) is 0 Å². The summed E-state index contributed by atoms with van der Waals surface area (Å²) in [5, 5.41) is 3.10. The molecule has 0 saturated carbocycles. The van der Waals surface area contributed by atoms with Crippen molar-refractivity contribution in [3.8, 4) is 0 Å². The van der Waals surface area contributed by atoms with Crippen molar-refractivity contribution in [2.45, 2.75) is 43.2 Å². The van der Waals surface area contributed by atoms with E-state index in [0.29, 0.717) is 56.4 Å². The second-order valence-electron chi connectivity index (χ2n) is 8.48. The zero-order valence-electron chi connectivity index (χ0n) is 18.0. The van der Waals surface area contributed by atoms with E-state index in [-0.39, 0.29) is 16.5 Å². The number of carbonyl (C=O) groups is 1. The van der Waals surface area contributed by atoms with E-state index in [1.54, 1.807) is 49.3 Å². The van der Waals surface area contributed by atoms with Gasteiger partial charge in [-0.05, 0) is 50.7 Å². The number of imidazole rings is 1. The van der Waals surface area contributed by atoms with Gasteiger partial charge in [-0.15, -0.1) is 0 Å². The van der Waals surface area contributed by atoms with E-state index in [9.17, 15) is 13.2 Å². The molecule has 1 amide bonds. The van der Waals surface area contributed by atoms with E-state index in [1.165, 1.54) is 4.31 Å². The smallest absolute Gasteiger partial charge is 0.262 e. The van der Waals surface area contributed by atoms with Gasteiger partial charge in [0.05, 0.1) is 11.2 Å². The predicted molar refractivity (Wildman–Crippen MR) is 114 cm³/mol. The largest absolute Gasteiger partial charge is 0.375 e. The number of ether oxygens (including phenoxy) is 1. The van der Waals surface area contributed by atoms with Gasteiger partial charge in [-0.25, -0.2) is 13.4 Å². The maximum Gasteiger partial charge on any atom is 0.262 e. The number of hydrogen-bond acceptors (Lipinski definition) is 6. The van der Waals surface area contributed by atoms with Crippen molar-refractivity contribution in [1.29, 1.82) is 0 Å². The van der Waals surface area contributed by atoms with E-state index in [0.717, 1.165) is 12.8 Å². The van der Waals surface area contributed by atoms with Gasteiger partial charge in [0, 0.05) is 51.9 Å². The molecule has 0 radical (unpaired) electrons. The molecule has 4 rings (SSSR count). The van der Waals surface area contributed by atoms with Crippen LogP contribution in [0.15, 0.2) is 35.7 Å². The maximum absolute atomic E-state index is 13.0. The highest BCUT2D eigenvalue weighted by Gasteiger charge is 2.43. The summed E-state index contributed by atoms with van der Waals surface area (Å²) in [5.74, 6) is 0.843. The Morgan fingerprint density at radius 2 is 2.13 bits per heavy atom. The fourth-order valence-electron chi connectivity index (χ4n) is 4.40. The standard InChI is InChI=1S/C21H29N5O4S/c1-16-24-19(15-25(16)2)31(28,29)26-9-6-21(7-10-26)12-17(5-11-30-21)13-23-20(27)18-4-3-8-22-14-18/h3-4,8,14-15,17H,5-7,9-13H2,1-2H3,(H,23,27). The van der Waals surface area contributed by atoms with Crippen molar-refractivity contribution in [1.82, 2.24) is 24.2 Å². The quantitative estimate of drug-likeness (QED) is 0.745. The van der Waals surface area contributed by atoms with Gasteiger partial charge >= 0.3 is 0 Å². The highest BCUT2D eigenvalue weighted by atomic mass is 32.2. The minimum Gasteiger partial charge on any atom is -0.375 e. The minimum atomic E-state index is -3.60. The van der Waals surface area contributed by atoms with Gasteiger partial charge in [-0.2, -0.15) is 4.31 Å². The topological polar surface area (TPSA) is 106 Å². The van der Waals surface area contributed by atoms with E-state index >= 15 is 0 Å². The second-order valence-corrected chi connectivity index (χ2v) is 10.4. The lowest BCUT2D eigenvalue weighted by molar-refractivity contribution is -0.119. The van der Waals surface area contributed by atoms with Crippen LogP contribution in [0.4, 0.5) is 0 Å². The average molecular weight is 448 g/mol. The first-order chi connectivity index (χ1) is 14.8. The van der Waals surface area contributed by atoms with Crippen LogP contribution < -0.4 is 5.32 Å². The van der Waals surface area contributed by atoms with Gasteiger partial charge in [-0.3, -0.25) is 9.78 Å². The lowest BCUT2D eigenvalue weighted by Crippen LogP contribution is -2.51. The molecule has 2 aliphatic rings. The number of aromatic nitrogens is 3. The zero-order valence-corrected chi connectivity index (χ0v) is 18.8. The summed E-state index contributed by atoms with van der Waals surface area (Å²) in [6.45, 7) is 3.81. The first-order valence-electron chi connectivity index (χ1n) is 10.6. The number of pyridine rings is 1. The molecule has 1 N–H and O–H groups in total. The molecular formula is C21H29N5O4S. The van der Waals surface area contributed by atoms with Crippen LogP contribution in [-0.4, -0.2) is 65.0 Å². The van der Waals surface area contributed by atoms with Crippen molar-refractivity contribution in [2.24, 2.45) is 13.0 Å². The molecule has 10 heteroatoms. The first-order valence-corrected chi connectivity index (χ1v) is 12.1. The van der Waals surface area contributed by atoms with Crippen molar-refractivity contribution < 1.29 is 17.9 Å². The number of rotatable bonds is 5. The Balaban J connectivity index is 1.34. The molecule has 4 heterocycles. The van der Waals surface area contributed by atoms with Crippen molar-refractivity contribution in [3.05, 3.63) is 42.1 Å². The highest BCUT2D eigenvalue weighted by Crippen LogP contribution is 2.38. The van der Waals surface area contributed by atoms with Crippen LogP contribution >= 0.6 is 0 Å². The van der Waals surface area contributed by atoms with Crippen LogP contribution in [0.3, 0.4) is 0 Å². The molecule has 2 aliphatic heterocycles. The Hall–Kier alpha value is -2.30. The van der Waals surface area contributed by atoms with Crippen molar-refractivity contribution in [3.63, 3.8) is 0 Å². The third kappa shape index (κ3) is 4.65. The molecule has 31 heavy (non-hydrogen) atoms. The number of piperidine rings is 1. The number of nitrogens with one attached hydrogen (secondary N) is 1. The number of hydrogen-bond donors (Lipinski definition) is 1. The molecule has 2 fully saturated rings. The SMILES string of the molecule is Cc1nc(S(=O)(=O)N2CCC3(CC2)CC(CNC(=O)c2cccnc2)CCO3)cn1C. The van der Waals surface area contributed by atoms with Crippen LogP contribution in [0.1, 0.15) is 41.9 Å². The summed E-state index contributed by atoms with van der Waals surface area (Å²) in [6.07, 6.45) is 7.74. The Morgan fingerprint density at radius 1 is 1.35 bits per heavy atom. The first kappa shape index (κ1) is 21.9. The molecule has 1 spiro atoms. The third-order valence-electron chi connectivity index (χ3n) is 6.39. The highest BCUT2D eigenvalue weighted by molar-refractivity contribution is 7.89. The number of sulfonamides is 1. The summed E-state index contributed by atoms with van der Waals surface area (Å²) in [4.78, 5) is 20.5. The summed E-state index contributed by atoms with van der Waals surface area (Å²) in [5.41, 5.74) is 0.223. The third-order valence-corrected chi connectivity index (χ3v) is 8.16. The Bertz CT molecular complexity index is 1010. The average Bonchev–Trinajstić information content (AvgIpc) is 3.12. The normalized spacial score (nSPS) is 21.8. The fraction of sp³-hybridized carbons (Fsp3) is 0.571. The van der Waals surface area contributed by atoms with E-state index < -0.39 is 10.0 Å². The van der Waals surface area contributed by atoms with Gasteiger partial charge < -0.3 is 14.6 Å². The Morgan fingerprint density at radius 3 is 2.77 bits per heavy atom. The minimum absolute atomic E-state index is 0.101. The van der Waals surface area contributed by atoms with Gasteiger partial charge in [0.1, 0.15) is 5.82 Å². The molecule has 1 atom stereocenters. The molecule has 2 aromatic heterocycles. The van der Waals surface area contributed by atoms with Crippen LogP contribution in [0.5, 0.6) is 0 Å². The van der Waals surface area contributed by atoms with Crippen LogP contribution in [0.25, 0.3) is 0 Å². The molecule has 0 bridgehead atoms. The van der Waals surface area contributed by atoms with E-state index in [2.05, 4.69) is 15.3 Å². The molecule has 2 saturated heterocycles. The molecule has 0 aliphatic carbocycles. The summed E-state index contributed by atoms with van der Waals surface area (Å²) < 4.78 is 35.3. The zero-order chi connectivity index (χ0) is 22.1. The monoisotopic (exact) mass is 447 g/mol. The maximum atomic E-state index is 13.0. The number of amides is 1. The fourth-order valence-corrected chi connectivity index (χ4v) is 5.87. The molecule has 9 nitrogen and oxygen atoms in total. The lowest BCUT2D eigenvalue weighted by Gasteiger charge is -2.45.